The number of hydrogen-bond donors (Lipinski definition) is 3. The summed E-state index contributed by atoms with van der Waals surface area (Å²) in [6.07, 6.45) is 3.05. The number of ether oxygens (including phenoxy) is 1. The summed E-state index contributed by atoms with van der Waals surface area (Å²) in [7, 11) is -1.69. The molecule has 0 radical (unpaired) electrons. The molecule has 1 atom stereocenters. The maximum Gasteiger partial charge on any atom is 0.213 e. The van der Waals surface area contributed by atoms with Gasteiger partial charge in [0, 0.05) is 32.1 Å². The lowest BCUT2D eigenvalue weighted by Gasteiger charge is -2.22. The van der Waals surface area contributed by atoms with E-state index in [1.165, 1.54) is 0 Å². The molecule has 3 N–H and O–H groups in total. The summed E-state index contributed by atoms with van der Waals surface area (Å²) >= 11 is 1.60. The fourth-order valence-corrected chi connectivity index (χ4v) is 4.47. The van der Waals surface area contributed by atoms with Crippen molar-refractivity contribution in [1.29, 1.82) is 0 Å². The lowest BCUT2D eigenvalue weighted by Crippen LogP contribution is -2.42. The highest BCUT2D eigenvalue weighted by molar-refractivity contribution is 7.89. The molecule has 10 heteroatoms. The first-order valence-corrected chi connectivity index (χ1v) is 11.9. The van der Waals surface area contributed by atoms with E-state index in [2.05, 4.69) is 44.6 Å². The van der Waals surface area contributed by atoms with Crippen LogP contribution in [0.5, 0.6) is 0 Å². The van der Waals surface area contributed by atoms with Crippen molar-refractivity contribution in [2.45, 2.75) is 51.7 Å². The van der Waals surface area contributed by atoms with Gasteiger partial charge in [-0.2, -0.15) is 0 Å². The van der Waals surface area contributed by atoms with Crippen LogP contribution in [-0.2, 0) is 21.3 Å². The number of aliphatic imine (C=N–C) groups is 1. The van der Waals surface area contributed by atoms with E-state index in [1.807, 2.05) is 0 Å². The molecule has 0 bridgehead atoms. The van der Waals surface area contributed by atoms with Gasteiger partial charge >= 0.3 is 0 Å². The van der Waals surface area contributed by atoms with Crippen molar-refractivity contribution in [3.8, 4) is 0 Å². The molecule has 1 fully saturated rings. The van der Waals surface area contributed by atoms with Crippen molar-refractivity contribution in [1.82, 2.24) is 20.3 Å². The molecule has 2 heterocycles. The first-order valence-electron chi connectivity index (χ1n) is 9.37. The molecule has 1 aromatic rings. The molecule has 27 heavy (non-hydrogen) atoms. The highest BCUT2D eigenvalue weighted by atomic mass is 32.2. The van der Waals surface area contributed by atoms with E-state index in [4.69, 9.17) is 4.74 Å². The van der Waals surface area contributed by atoms with Crippen molar-refractivity contribution in [2.75, 3.05) is 32.5 Å². The van der Waals surface area contributed by atoms with Crippen LogP contribution >= 0.6 is 11.3 Å². The second-order valence-corrected chi connectivity index (χ2v) is 9.70. The Labute approximate surface area is 166 Å². The SMILES string of the molecule is CN=C(NCCS(=O)(=O)NCC1CCCCO1)NCc1nc(C(C)C)cs1. The van der Waals surface area contributed by atoms with E-state index >= 15 is 0 Å². The maximum atomic E-state index is 12.1. The maximum absolute atomic E-state index is 12.1. The number of sulfonamides is 1. The summed E-state index contributed by atoms with van der Waals surface area (Å²) < 4.78 is 32.4. The van der Waals surface area contributed by atoms with Gasteiger partial charge in [0.15, 0.2) is 5.96 Å². The summed E-state index contributed by atoms with van der Waals surface area (Å²) in [5.41, 5.74) is 1.08. The van der Waals surface area contributed by atoms with Gasteiger partial charge in [0.05, 0.1) is 24.1 Å². The lowest BCUT2D eigenvalue weighted by molar-refractivity contribution is 0.0200. The van der Waals surface area contributed by atoms with Crippen molar-refractivity contribution in [3.63, 3.8) is 0 Å². The van der Waals surface area contributed by atoms with Crippen molar-refractivity contribution in [3.05, 3.63) is 16.1 Å². The zero-order valence-electron chi connectivity index (χ0n) is 16.3. The molecule has 0 spiro atoms. The Morgan fingerprint density at radius 1 is 1.41 bits per heavy atom. The third-order valence-corrected chi connectivity index (χ3v) is 6.47. The highest BCUT2D eigenvalue weighted by Crippen LogP contribution is 2.17. The third kappa shape index (κ3) is 8.12. The second-order valence-electron chi connectivity index (χ2n) is 6.83. The minimum absolute atomic E-state index is 0.00931. The standard InChI is InChI=1S/C17H31N5O3S2/c1-13(2)15-12-26-16(22-15)11-20-17(18-3)19-7-9-27(23,24)21-10-14-6-4-5-8-25-14/h12-14,21H,4-11H2,1-3H3,(H2,18,19,20). The smallest absolute Gasteiger partial charge is 0.213 e. The minimum Gasteiger partial charge on any atom is -0.377 e. The zero-order valence-corrected chi connectivity index (χ0v) is 18.0. The summed E-state index contributed by atoms with van der Waals surface area (Å²) in [6.45, 7) is 6.12. The number of thiazole rings is 1. The third-order valence-electron chi connectivity index (χ3n) is 4.26. The molecule has 1 aliphatic heterocycles. The molecule has 2 rings (SSSR count). The van der Waals surface area contributed by atoms with E-state index in [-0.39, 0.29) is 18.4 Å². The molecule has 0 aliphatic carbocycles. The van der Waals surface area contributed by atoms with Crippen LogP contribution in [0.1, 0.15) is 49.7 Å². The van der Waals surface area contributed by atoms with E-state index in [0.29, 0.717) is 31.6 Å². The van der Waals surface area contributed by atoms with Crippen LogP contribution in [0, 0.1) is 0 Å². The Kier molecular flexibility index (Phi) is 8.94. The van der Waals surface area contributed by atoms with Gasteiger partial charge in [0.1, 0.15) is 5.01 Å². The van der Waals surface area contributed by atoms with Crippen molar-refractivity contribution < 1.29 is 13.2 Å². The molecule has 0 aromatic carbocycles. The number of aromatic nitrogens is 1. The van der Waals surface area contributed by atoms with Crippen LogP contribution in [0.4, 0.5) is 0 Å². The molecular formula is C17H31N5O3S2. The largest absolute Gasteiger partial charge is 0.377 e. The second kappa shape index (κ2) is 10.9. The van der Waals surface area contributed by atoms with Gasteiger partial charge in [-0.15, -0.1) is 11.3 Å². The van der Waals surface area contributed by atoms with Crippen molar-refractivity contribution in [2.24, 2.45) is 4.99 Å². The van der Waals surface area contributed by atoms with Gasteiger partial charge in [-0.1, -0.05) is 13.8 Å². The van der Waals surface area contributed by atoms with Crippen LogP contribution in [0.2, 0.25) is 0 Å². The van der Waals surface area contributed by atoms with Crippen LogP contribution in [-0.4, -0.2) is 58.0 Å². The minimum atomic E-state index is -3.34. The first kappa shape index (κ1) is 22.1. The monoisotopic (exact) mass is 417 g/mol. The number of hydrogen-bond acceptors (Lipinski definition) is 6. The topological polar surface area (TPSA) is 105 Å². The fraction of sp³-hybridized carbons (Fsp3) is 0.765. The van der Waals surface area contributed by atoms with E-state index in [1.54, 1.807) is 18.4 Å². The molecule has 0 saturated carbocycles. The van der Waals surface area contributed by atoms with E-state index in [9.17, 15) is 8.42 Å². The summed E-state index contributed by atoms with van der Waals surface area (Å²) in [5.74, 6) is 0.945. The fourth-order valence-electron chi connectivity index (χ4n) is 2.62. The summed E-state index contributed by atoms with van der Waals surface area (Å²) in [5, 5.41) is 9.23. The van der Waals surface area contributed by atoms with Crippen LogP contribution < -0.4 is 15.4 Å². The molecular weight excluding hydrogens is 386 g/mol. The Hall–Kier alpha value is -1.23. The number of guanidine groups is 1. The van der Waals surface area contributed by atoms with Gasteiger partial charge in [0.25, 0.3) is 0 Å². The van der Waals surface area contributed by atoms with Crippen LogP contribution in [0.15, 0.2) is 10.4 Å². The van der Waals surface area contributed by atoms with E-state index < -0.39 is 10.0 Å². The molecule has 8 nitrogen and oxygen atoms in total. The highest BCUT2D eigenvalue weighted by Gasteiger charge is 2.17. The molecule has 154 valence electrons. The normalized spacial score (nSPS) is 18.7. The predicted octanol–water partition coefficient (Wildman–Crippen LogP) is 1.42. The van der Waals surface area contributed by atoms with Gasteiger partial charge < -0.3 is 15.4 Å². The Bertz CT molecular complexity index is 697. The van der Waals surface area contributed by atoms with Gasteiger partial charge in [0.2, 0.25) is 10.0 Å². The molecule has 1 aromatic heterocycles. The van der Waals surface area contributed by atoms with Gasteiger partial charge in [-0.05, 0) is 25.2 Å². The summed E-state index contributed by atoms with van der Waals surface area (Å²) in [4.78, 5) is 8.68. The number of nitrogens with one attached hydrogen (secondary N) is 3. The first-order chi connectivity index (χ1) is 12.9. The molecule has 1 aliphatic rings. The molecule has 0 amide bonds. The van der Waals surface area contributed by atoms with Crippen LogP contribution in [0.25, 0.3) is 0 Å². The number of rotatable bonds is 9. The zero-order chi connectivity index (χ0) is 19.7. The van der Waals surface area contributed by atoms with E-state index in [0.717, 1.165) is 30.0 Å². The predicted molar refractivity (Wildman–Crippen MR) is 110 cm³/mol. The molecule has 1 saturated heterocycles. The van der Waals surface area contributed by atoms with Crippen molar-refractivity contribution >= 4 is 27.3 Å². The molecule has 1 unspecified atom stereocenters. The van der Waals surface area contributed by atoms with Gasteiger partial charge in [-0.3, -0.25) is 4.99 Å². The number of nitrogens with zero attached hydrogens (tertiary/aromatic N) is 2. The summed E-state index contributed by atoms with van der Waals surface area (Å²) in [6, 6.07) is 0. The lowest BCUT2D eigenvalue weighted by atomic mass is 10.1. The Balaban J connectivity index is 1.68. The quantitative estimate of drug-likeness (QED) is 0.415. The Morgan fingerprint density at radius 2 is 2.22 bits per heavy atom. The van der Waals surface area contributed by atoms with Gasteiger partial charge in [-0.25, -0.2) is 18.1 Å². The average Bonchev–Trinajstić information content (AvgIpc) is 3.13. The Morgan fingerprint density at radius 3 is 2.85 bits per heavy atom. The van der Waals surface area contributed by atoms with Crippen LogP contribution in [0.3, 0.4) is 0 Å². The average molecular weight is 418 g/mol.